The molecule has 0 fully saturated rings. The zero-order chi connectivity index (χ0) is 21.7. The van der Waals surface area contributed by atoms with E-state index in [1.54, 1.807) is 26.0 Å². The lowest BCUT2D eigenvalue weighted by atomic mass is 10.2. The molecule has 0 aliphatic carbocycles. The fourth-order valence-electron chi connectivity index (χ4n) is 2.48. The predicted octanol–water partition coefficient (Wildman–Crippen LogP) is 3.20. The summed E-state index contributed by atoms with van der Waals surface area (Å²) in [6, 6.07) is 11.6. The quantitative estimate of drug-likeness (QED) is 0.584. The minimum Gasteiger partial charge on any atom is -0.322 e. The minimum atomic E-state index is -3.65. The average Bonchev–Trinajstić information content (AvgIpc) is 2.68. The van der Waals surface area contributed by atoms with Crippen LogP contribution in [-0.4, -0.2) is 34.5 Å². The third-order valence-corrected chi connectivity index (χ3v) is 7.92. The van der Waals surface area contributed by atoms with Crippen molar-refractivity contribution in [3.05, 3.63) is 54.1 Å². The molecule has 7 nitrogen and oxygen atoms in total. The lowest BCUT2D eigenvalue weighted by Gasteiger charge is -2.10. The molecule has 2 aromatic rings. The van der Waals surface area contributed by atoms with Gasteiger partial charge in [-0.15, -0.1) is 0 Å². The van der Waals surface area contributed by atoms with Gasteiger partial charge < -0.3 is 5.32 Å². The van der Waals surface area contributed by atoms with Gasteiger partial charge in [-0.2, -0.15) is 0 Å². The molecule has 0 saturated heterocycles. The van der Waals surface area contributed by atoms with Gasteiger partial charge in [0.15, 0.2) is 9.84 Å². The van der Waals surface area contributed by atoms with Crippen molar-refractivity contribution in [2.24, 2.45) is 0 Å². The van der Waals surface area contributed by atoms with Gasteiger partial charge in [-0.05, 0) is 62.7 Å². The van der Waals surface area contributed by atoms with Gasteiger partial charge in [-0.1, -0.05) is 19.4 Å². The topological polar surface area (TPSA) is 109 Å². The summed E-state index contributed by atoms with van der Waals surface area (Å²) in [6.07, 6.45) is 1.61. The highest BCUT2D eigenvalue weighted by molar-refractivity contribution is 7.92. The van der Waals surface area contributed by atoms with Crippen LogP contribution in [-0.2, 0) is 19.9 Å². The van der Waals surface area contributed by atoms with Crippen molar-refractivity contribution >= 4 is 31.5 Å². The molecule has 0 heterocycles. The first kappa shape index (κ1) is 23.1. The molecule has 0 unspecified atom stereocenters. The third-order valence-electron chi connectivity index (χ3n) is 4.29. The fourth-order valence-corrected chi connectivity index (χ4v) is 4.66. The molecule has 0 saturated carbocycles. The second kappa shape index (κ2) is 9.51. The Balaban J connectivity index is 2.15. The number of nitrogens with one attached hydrogen (secondary N) is 2. The predicted molar refractivity (Wildman–Crippen MR) is 113 cm³/mol. The summed E-state index contributed by atoms with van der Waals surface area (Å²) < 4.78 is 51.5. The van der Waals surface area contributed by atoms with E-state index in [9.17, 15) is 21.6 Å². The van der Waals surface area contributed by atoms with Crippen LogP contribution < -0.4 is 10.0 Å². The summed E-state index contributed by atoms with van der Waals surface area (Å²) in [4.78, 5) is 12.7. The first-order chi connectivity index (χ1) is 13.6. The maximum atomic E-state index is 12.5. The Bertz CT molecular complexity index is 1060. The molecule has 0 aliphatic rings. The lowest BCUT2D eigenvalue weighted by Crippen LogP contribution is -2.24. The van der Waals surface area contributed by atoms with Crippen LogP contribution in [0.2, 0.25) is 0 Å². The summed E-state index contributed by atoms with van der Waals surface area (Å²) in [7, 11) is -7.07. The summed E-state index contributed by atoms with van der Waals surface area (Å²) in [5, 5.41) is 2.08. The van der Waals surface area contributed by atoms with E-state index in [4.69, 9.17) is 0 Å². The summed E-state index contributed by atoms with van der Waals surface area (Å²) in [6.45, 7) is 5.50. The molecule has 1 amide bonds. The Labute approximate surface area is 172 Å². The highest BCUT2D eigenvalue weighted by Gasteiger charge is 2.19. The maximum absolute atomic E-state index is 12.5. The van der Waals surface area contributed by atoms with Crippen molar-refractivity contribution < 1.29 is 21.6 Å². The number of sulfonamides is 1. The number of hydrogen-bond donors (Lipinski definition) is 2. The molecule has 2 aromatic carbocycles. The molecule has 2 N–H and O–H groups in total. The van der Waals surface area contributed by atoms with Crippen molar-refractivity contribution in [1.29, 1.82) is 0 Å². The van der Waals surface area contributed by atoms with E-state index in [1.807, 2.05) is 6.92 Å². The van der Waals surface area contributed by atoms with Gasteiger partial charge in [0.1, 0.15) is 0 Å². The normalized spacial score (nSPS) is 12.1. The number of sulfone groups is 1. The van der Waals surface area contributed by atoms with Gasteiger partial charge in [0.2, 0.25) is 10.0 Å². The third kappa shape index (κ3) is 5.88. The van der Waals surface area contributed by atoms with E-state index >= 15 is 0 Å². The zero-order valence-electron chi connectivity index (χ0n) is 16.7. The molecule has 9 heteroatoms. The fraction of sp³-hybridized carbons (Fsp3) is 0.350. The van der Waals surface area contributed by atoms with E-state index in [2.05, 4.69) is 10.0 Å². The SMILES string of the molecule is CCCCNS(=O)(=O)c1cccc(NC(=O)c2ccc(S(=O)(=O)C(C)C)cc2)c1. The Kier molecular flexibility index (Phi) is 7.56. The average molecular weight is 439 g/mol. The van der Waals surface area contributed by atoms with Gasteiger partial charge in [0, 0.05) is 17.8 Å². The van der Waals surface area contributed by atoms with E-state index < -0.39 is 31.0 Å². The Morgan fingerprint density at radius 2 is 1.62 bits per heavy atom. The number of carbonyl (C=O) groups excluding carboxylic acids is 1. The van der Waals surface area contributed by atoms with Crippen molar-refractivity contribution in [3.63, 3.8) is 0 Å². The van der Waals surface area contributed by atoms with Gasteiger partial charge in [0.05, 0.1) is 15.0 Å². The molecular formula is C20H26N2O5S2. The molecule has 29 heavy (non-hydrogen) atoms. The van der Waals surface area contributed by atoms with E-state index in [1.165, 1.54) is 36.4 Å². The van der Waals surface area contributed by atoms with Crippen LogP contribution in [0, 0.1) is 0 Å². The molecule has 158 valence electrons. The number of rotatable bonds is 9. The van der Waals surface area contributed by atoms with Crippen LogP contribution in [0.3, 0.4) is 0 Å². The van der Waals surface area contributed by atoms with Crippen molar-refractivity contribution in [3.8, 4) is 0 Å². The molecule has 0 spiro atoms. The Morgan fingerprint density at radius 1 is 0.966 bits per heavy atom. The zero-order valence-corrected chi connectivity index (χ0v) is 18.3. The number of anilines is 1. The monoisotopic (exact) mass is 438 g/mol. The van der Waals surface area contributed by atoms with E-state index in [-0.39, 0.29) is 15.4 Å². The summed E-state index contributed by atoms with van der Waals surface area (Å²) in [5.74, 6) is -0.466. The largest absolute Gasteiger partial charge is 0.322 e. The lowest BCUT2D eigenvalue weighted by molar-refractivity contribution is 0.102. The van der Waals surface area contributed by atoms with Gasteiger partial charge in [0.25, 0.3) is 5.91 Å². The number of benzene rings is 2. The summed E-state index contributed by atoms with van der Waals surface area (Å²) in [5.41, 5.74) is 0.592. The van der Waals surface area contributed by atoms with Crippen LogP contribution in [0.5, 0.6) is 0 Å². The summed E-state index contributed by atoms with van der Waals surface area (Å²) >= 11 is 0. The molecular weight excluding hydrogens is 412 g/mol. The van der Waals surface area contributed by atoms with Crippen LogP contribution in [0.25, 0.3) is 0 Å². The van der Waals surface area contributed by atoms with E-state index in [0.717, 1.165) is 12.8 Å². The molecule has 0 atom stereocenters. The second-order valence-corrected chi connectivity index (χ2v) is 11.1. The maximum Gasteiger partial charge on any atom is 0.255 e. The van der Waals surface area contributed by atoms with Crippen LogP contribution in [0.15, 0.2) is 58.3 Å². The highest BCUT2D eigenvalue weighted by atomic mass is 32.2. The van der Waals surface area contributed by atoms with Crippen molar-refractivity contribution in [2.45, 2.75) is 48.7 Å². The highest BCUT2D eigenvalue weighted by Crippen LogP contribution is 2.19. The minimum absolute atomic E-state index is 0.0600. The second-order valence-electron chi connectivity index (χ2n) is 6.85. The standard InChI is InChI=1S/C20H26N2O5S2/c1-4-5-13-21-29(26,27)19-8-6-7-17(14-19)22-20(23)16-9-11-18(12-10-16)28(24,25)15(2)3/h6-12,14-15,21H,4-5,13H2,1-3H3,(H,22,23). The smallest absolute Gasteiger partial charge is 0.255 e. The molecule has 0 aliphatic heterocycles. The van der Waals surface area contributed by atoms with E-state index in [0.29, 0.717) is 12.2 Å². The molecule has 2 rings (SSSR count). The van der Waals surface area contributed by atoms with Crippen LogP contribution >= 0.6 is 0 Å². The molecule has 0 bridgehead atoms. The van der Waals surface area contributed by atoms with Crippen molar-refractivity contribution in [1.82, 2.24) is 4.72 Å². The Hall–Kier alpha value is -2.23. The first-order valence-corrected chi connectivity index (χ1v) is 12.4. The molecule has 0 radical (unpaired) electrons. The van der Waals surface area contributed by atoms with Gasteiger partial charge >= 0.3 is 0 Å². The number of carbonyl (C=O) groups is 1. The number of hydrogen-bond acceptors (Lipinski definition) is 5. The van der Waals surface area contributed by atoms with Gasteiger partial charge in [-0.3, -0.25) is 4.79 Å². The van der Waals surface area contributed by atoms with Crippen LogP contribution in [0.4, 0.5) is 5.69 Å². The molecule has 0 aromatic heterocycles. The number of amides is 1. The first-order valence-electron chi connectivity index (χ1n) is 9.33. The van der Waals surface area contributed by atoms with Crippen LogP contribution in [0.1, 0.15) is 44.0 Å². The Morgan fingerprint density at radius 3 is 2.21 bits per heavy atom. The number of unbranched alkanes of at least 4 members (excludes halogenated alkanes) is 1. The van der Waals surface area contributed by atoms with Gasteiger partial charge in [-0.25, -0.2) is 21.6 Å². The van der Waals surface area contributed by atoms with Crippen molar-refractivity contribution in [2.75, 3.05) is 11.9 Å².